The zero-order chi connectivity index (χ0) is 5.28. The van der Waals surface area contributed by atoms with E-state index < -0.39 is 0 Å². The van der Waals surface area contributed by atoms with Gasteiger partial charge in [-0.25, -0.2) is 0 Å². The first-order valence-electron chi connectivity index (χ1n) is 2.12. The standard InChI is InChI=1S/C4H7NO2/c6-4-1-2-5(7)3-4/h3,6-7H,1-2H2/p-1. The highest BCUT2D eigenvalue weighted by Gasteiger charge is 1.99. The van der Waals surface area contributed by atoms with Crippen molar-refractivity contribution in [1.29, 1.82) is 0 Å². The van der Waals surface area contributed by atoms with Crippen molar-refractivity contribution in [3.63, 3.8) is 0 Å². The second kappa shape index (κ2) is 1.42. The quantitative estimate of drug-likeness (QED) is 0.437. The molecule has 0 saturated heterocycles. The molecule has 3 nitrogen and oxygen atoms in total. The summed E-state index contributed by atoms with van der Waals surface area (Å²) in [5, 5.41) is 19.6. The zero-order valence-electron chi connectivity index (χ0n) is 3.79. The van der Waals surface area contributed by atoms with E-state index in [-0.39, 0.29) is 5.76 Å². The third-order valence-electron chi connectivity index (χ3n) is 0.880. The molecule has 0 aromatic rings. The van der Waals surface area contributed by atoms with Crippen LogP contribution >= 0.6 is 0 Å². The van der Waals surface area contributed by atoms with Crippen LogP contribution in [0.1, 0.15) is 6.42 Å². The van der Waals surface area contributed by atoms with Crippen molar-refractivity contribution in [1.82, 2.24) is 5.06 Å². The third kappa shape index (κ3) is 0.838. The normalized spacial score (nSPS) is 20.1. The van der Waals surface area contributed by atoms with Gasteiger partial charge in [-0.15, -0.1) is 5.76 Å². The van der Waals surface area contributed by atoms with Gasteiger partial charge in [0, 0.05) is 12.7 Å². The second-order valence-electron chi connectivity index (χ2n) is 1.51. The molecule has 1 N–H and O–H groups in total. The van der Waals surface area contributed by atoms with Gasteiger partial charge < -0.3 is 5.11 Å². The fourth-order valence-electron chi connectivity index (χ4n) is 0.520. The summed E-state index contributed by atoms with van der Waals surface area (Å²) >= 11 is 0. The fourth-order valence-corrected chi connectivity index (χ4v) is 0.520. The molecular formula is C4H6NO2-. The zero-order valence-corrected chi connectivity index (χ0v) is 3.79. The molecule has 0 radical (unpaired) electrons. The number of hydroxylamine groups is 2. The lowest BCUT2D eigenvalue weighted by atomic mass is 10.4. The maximum Gasteiger partial charge on any atom is 0.0475 e. The molecular weight excluding hydrogens is 94.0 g/mol. The van der Waals surface area contributed by atoms with Gasteiger partial charge in [0.2, 0.25) is 0 Å². The maximum absolute atomic E-state index is 10.2. The van der Waals surface area contributed by atoms with E-state index in [1.54, 1.807) is 0 Å². The minimum atomic E-state index is 0.00231. The smallest absolute Gasteiger partial charge is 0.0475 e. The molecule has 0 atom stereocenters. The predicted molar refractivity (Wildman–Crippen MR) is 21.2 cm³/mol. The van der Waals surface area contributed by atoms with Gasteiger partial charge >= 0.3 is 0 Å². The molecule has 7 heavy (non-hydrogen) atoms. The molecule has 0 aromatic heterocycles. The van der Waals surface area contributed by atoms with E-state index >= 15 is 0 Å². The van der Waals surface area contributed by atoms with E-state index in [0.29, 0.717) is 13.0 Å². The van der Waals surface area contributed by atoms with E-state index in [9.17, 15) is 5.11 Å². The lowest BCUT2D eigenvalue weighted by molar-refractivity contribution is -0.305. The number of nitrogens with zero attached hydrogens (tertiary/aromatic N) is 1. The Balaban J connectivity index is 2.50. The first kappa shape index (κ1) is 4.46. The van der Waals surface area contributed by atoms with E-state index in [1.807, 2.05) is 0 Å². The van der Waals surface area contributed by atoms with E-state index in [4.69, 9.17) is 5.21 Å². The molecule has 3 heteroatoms. The van der Waals surface area contributed by atoms with Crippen LogP contribution in [0, 0.1) is 0 Å². The van der Waals surface area contributed by atoms with Crippen LogP contribution < -0.4 is 5.11 Å². The molecule has 0 unspecified atom stereocenters. The first-order valence-corrected chi connectivity index (χ1v) is 2.12. The van der Waals surface area contributed by atoms with E-state index in [0.717, 1.165) is 5.06 Å². The largest absolute Gasteiger partial charge is 0.874 e. The van der Waals surface area contributed by atoms with Crippen LogP contribution in [0.2, 0.25) is 0 Å². The Morgan fingerprint density at radius 2 is 2.57 bits per heavy atom. The van der Waals surface area contributed by atoms with Crippen LogP contribution in [0.5, 0.6) is 0 Å². The van der Waals surface area contributed by atoms with Crippen molar-refractivity contribution >= 4 is 0 Å². The van der Waals surface area contributed by atoms with Gasteiger partial charge in [0.1, 0.15) is 0 Å². The molecule has 0 spiro atoms. The Hall–Kier alpha value is -0.700. The molecule has 1 aliphatic heterocycles. The van der Waals surface area contributed by atoms with Crippen molar-refractivity contribution < 1.29 is 10.3 Å². The summed E-state index contributed by atoms with van der Waals surface area (Å²) in [4.78, 5) is 0. The van der Waals surface area contributed by atoms with Crippen LogP contribution in [0.3, 0.4) is 0 Å². The van der Waals surface area contributed by atoms with Crippen LogP contribution in [-0.2, 0) is 0 Å². The molecule has 1 aliphatic rings. The summed E-state index contributed by atoms with van der Waals surface area (Å²) in [6, 6.07) is 0. The SMILES string of the molecule is [O-]C1=CN(O)CC1. The molecule has 40 valence electrons. The van der Waals surface area contributed by atoms with Crippen LogP contribution in [0.15, 0.2) is 12.0 Å². The summed E-state index contributed by atoms with van der Waals surface area (Å²) in [6.45, 7) is 0.457. The minimum absolute atomic E-state index is 0.00231. The second-order valence-corrected chi connectivity index (χ2v) is 1.51. The van der Waals surface area contributed by atoms with Crippen molar-refractivity contribution in [2.75, 3.05) is 6.54 Å². The predicted octanol–water partition coefficient (Wildman–Crippen LogP) is -0.717. The number of hydrogen-bond donors (Lipinski definition) is 1. The van der Waals surface area contributed by atoms with E-state index in [2.05, 4.69) is 0 Å². The lowest BCUT2D eigenvalue weighted by Gasteiger charge is -2.00. The molecule has 1 rings (SSSR count). The van der Waals surface area contributed by atoms with Gasteiger partial charge in [0.15, 0.2) is 0 Å². The Kier molecular flexibility index (Phi) is 0.906. The van der Waals surface area contributed by atoms with Crippen molar-refractivity contribution in [2.24, 2.45) is 0 Å². The molecule has 0 amide bonds. The summed E-state index contributed by atoms with van der Waals surface area (Å²) in [5.74, 6) is 0.00231. The van der Waals surface area contributed by atoms with Gasteiger partial charge in [-0.05, 0) is 6.42 Å². The molecule has 0 saturated carbocycles. The van der Waals surface area contributed by atoms with Gasteiger partial charge in [-0.1, -0.05) is 0 Å². The summed E-state index contributed by atoms with van der Waals surface area (Å²) in [6.07, 6.45) is 1.65. The first-order chi connectivity index (χ1) is 3.29. The Bertz CT molecular complexity index is 99.9. The Morgan fingerprint density at radius 3 is 2.71 bits per heavy atom. The fraction of sp³-hybridized carbons (Fsp3) is 0.500. The average molecular weight is 100 g/mol. The van der Waals surface area contributed by atoms with Crippen molar-refractivity contribution in [3.05, 3.63) is 12.0 Å². The molecule has 0 bridgehead atoms. The minimum Gasteiger partial charge on any atom is -0.874 e. The van der Waals surface area contributed by atoms with Crippen LogP contribution in [0.25, 0.3) is 0 Å². The van der Waals surface area contributed by atoms with Gasteiger partial charge in [0.25, 0.3) is 0 Å². The molecule has 0 aromatic carbocycles. The topological polar surface area (TPSA) is 46.5 Å². The lowest BCUT2D eigenvalue weighted by Crippen LogP contribution is -2.05. The van der Waals surface area contributed by atoms with E-state index in [1.165, 1.54) is 6.20 Å². The number of rotatable bonds is 0. The summed E-state index contributed by atoms with van der Waals surface area (Å²) < 4.78 is 0. The summed E-state index contributed by atoms with van der Waals surface area (Å²) in [7, 11) is 0. The van der Waals surface area contributed by atoms with Gasteiger partial charge in [-0.2, -0.15) is 0 Å². The highest BCUT2D eigenvalue weighted by molar-refractivity contribution is 4.93. The van der Waals surface area contributed by atoms with Crippen LogP contribution in [-0.4, -0.2) is 16.8 Å². The highest BCUT2D eigenvalue weighted by atomic mass is 16.5. The van der Waals surface area contributed by atoms with Gasteiger partial charge in [-0.3, -0.25) is 10.3 Å². The van der Waals surface area contributed by atoms with Crippen LogP contribution in [0.4, 0.5) is 0 Å². The third-order valence-corrected chi connectivity index (χ3v) is 0.880. The average Bonchev–Trinajstić information content (AvgIpc) is 1.87. The number of hydrogen-bond acceptors (Lipinski definition) is 3. The Labute approximate surface area is 41.4 Å². The van der Waals surface area contributed by atoms with Gasteiger partial charge in [0.05, 0.1) is 0 Å². The van der Waals surface area contributed by atoms with Crippen molar-refractivity contribution in [3.8, 4) is 0 Å². The van der Waals surface area contributed by atoms with Crippen molar-refractivity contribution in [2.45, 2.75) is 6.42 Å². The summed E-state index contributed by atoms with van der Waals surface area (Å²) in [5.41, 5.74) is 0. The maximum atomic E-state index is 10.2. The molecule has 0 fully saturated rings. The Morgan fingerprint density at radius 1 is 1.86 bits per heavy atom. The molecule has 1 heterocycles. The molecule has 0 aliphatic carbocycles. The highest BCUT2D eigenvalue weighted by Crippen LogP contribution is 2.03. The monoisotopic (exact) mass is 100 g/mol.